The van der Waals surface area contributed by atoms with Crippen LogP contribution >= 0.6 is 0 Å². The summed E-state index contributed by atoms with van der Waals surface area (Å²) in [6.45, 7) is 4.51. The zero-order chi connectivity index (χ0) is 19.4. The SMILES string of the molecule is CC(C)NC(=O)c1ccc(N2CCCC2Cc2ccccc2)c([N+](=O)[O-])c1. The summed E-state index contributed by atoms with van der Waals surface area (Å²) in [4.78, 5) is 25.6. The summed E-state index contributed by atoms with van der Waals surface area (Å²) >= 11 is 0. The van der Waals surface area contributed by atoms with Crippen molar-refractivity contribution in [1.29, 1.82) is 0 Å². The summed E-state index contributed by atoms with van der Waals surface area (Å²) in [5, 5.41) is 14.5. The fraction of sp³-hybridized carbons (Fsp3) is 0.381. The molecule has 1 heterocycles. The lowest BCUT2D eigenvalue weighted by atomic mass is 10.0. The van der Waals surface area contributed by atoms with Gasteiger partial charge in [0, 0.05) is 30.3 Å². The predicted molar refractivity (Wildman–Crippen MR) is 106 cm³/mol. The number of nitro benzene ring substituents is 1. The van der Waals surface area contributed by atoms with Gasteiger partial charge in [-0.05, 0) is 50.8 Å². The molecular formula is C21H25N3O3. The van der Waals surface area contributed by atoms with Gasteiger partial charge in [0.15, 0.2) is 0 Å². The van der Waals surface area contributed by atoms with Crippen molar-refractivity contribution in [2.45, 2.75) is 45.2 Å². The van der Waals surface area contributed by atoms with Gasteiger partial charge in [-0.3, -0.25) is 14.9 Å². The first-order valence-corrected chi connectivity index (χ1v) is 9.35. The van der Waals surface area contributed by atoms with Crippen LogP contribution in [-0.4, -0.2) is 29.5 Å². The van der Waals surface area contributed by atoms with Gasteiger partial charge in [-0.15, -0.1) is 0 Å². The van der Waals surface area contributed by atoms with Gasteiger partial charge in [0.1, 0.15) is 5.69 Å². The Labute approximate surface area is 159 Å². The van der Waals surface area contributed by atoms with Crippen LogP contribution in [0.15, 0.2) is 48.5 Å². The molecule has 1 aliphatic heterocycles. The van der Waals surface area contributed by atoms with Crippen LogP contribution in [0.5, 0.6) is 0 Å². The van der Waals surface area contributed by atoms with Crippen molar-refractivity contribution in [3.8, 4) is 0 Å². The number of hydrogen-bond donors (Lipinski definition) is 1. The molecule has 0 bridgehead atoms. The van der Waals surface area contributed by atoms with Crippen molar-refractivity contribution < 1.29 is 9.72 Å². The number of carbonyl (C=O) groups excluding carboxylic acids is 1. The van der Waals surface area contributed by atoms with Crippen LogP contribution < -0.4 is 10.2 Å². The molecule has 2 aromatic carbocycles. The maximum atomic E-state index is 12.2. The van der Waals surface area contributed by atoms with Crippen molar-refractivity contribution in [3.63, 3.8) is 0 Å². The number of nitro groups is 1. The Kier molecular flexibility index (Phi) is 5.74. The number of carbonyl (C=O) groups is 1. The Hall–Kier alpha value is -2.89. The van der Waals surface area contributed by atoms with Crippen LogP contribution in [0.1, 0.15) is 42.6 Å². The van der Waals surface area contributed by atoms with E-state index in [1.165, 1.54) is 11.6 Å². The van der Waals surface area contributed by atoms with Crippen molar-refractivity contribution in [2.24, 2.45) is 0 Å². The minimum atomic E-state index is -0.389. The molecule has 6 heteroatoms. The highest BCUT2D eigenvalue weighted by Gasteiger charge is 2.30. The smallest absolute Gasteiger partial charge is 0.293 e. The van der Waals surface area contributed by atoms with Gasteiger partial charge in [0.2, 0.25) is 0 Å². The Morgan fingerprint density at radius 3 is 2.67 bits per heavy atom. The average Bonchev–Trinajstić information content (AvgIpc) is 3.09. The third-order valence-electron chi connectivity index (χ3n) is 4.85. The van der Waals surface area contributed by atoms with E-state index in [-0.39, 0.29) is 28.6 Å². The van der Waals surface area contributed by atoms with Crippen molar-refractivity contribution in [2.75, 3.05) is 11.4 Å². The fourth-order valence-corrected chi connectivity index (χ4v) is 3.65. The lowest BCUT2D eigenvalue weighted by molar-refractivity contribution is -0.384. The molecule has 0 radical (unpaired) electrons. The molecule has 2 aromatic rings. The molecule has 1 fully saturated rings. The summed E-state index contributed by atoms with van der Waals surface area (Å²) in [6.07, 6.45) is 2.86. The largest absolute Gasteiger partial charge is 0.363 e. The van der Waals surface area contributed by atoms with Crippen LogP contribution in [0.25, 0.3) is 0 Å². The molecule has 1 N–H and O–H groups in total. The highest BCUT2D eigenvalue weighted by atomic mass is 16.6. The molecule has 142 valence electrons. The topological polar surface area (TPSA) is 75.5 Å². The van der Waals surface area contributed by atoms with Gasteiger partial charge in [0.25, 0.3) is 11.6 Å². The van der Waals surface area contributed by atoms with Gasteiger partial charge in [-0.1, -0.05) is 30.3 Å². The number of nitrogens with zero attached hydrogens (tertiary/aromatic N) is 2. The number of amides is 1. The predicted octanol–water partition coefficient (Wildman–Crippen LogP) is 3.94. The first-order valence-electron chi connectivity index (χ1n) is 9.35. The zero-order valence-electron chi connectivity index (χ0n) is 15.7. The van der Waals surface area contributed by atoms with Gasteiger partial charge < -0.3 is 10.2 Å². The van der Waals surface area contributed by atoms with E-state index in [1.54, 1.807) is 12.1 Å². The summed E-state index contributed by atoms with van der Waals surface area (Å²) in [5.41, 5.74) is 2.13. The zero-order valence-corrected chi connectivity index (χ0v) is 15.7. The highest BCUT2D eigenvalue weighted by Crippen LogP contribution is 2.35. The van der Waals surface area contributed by atoms with Gasteiger partial charge in [0.05, 0.1) is 4.92 Å². The molecule has 0 aromatic heterocycles. The second-order valence-electron chi connectivity index (χ2n) is 7.27. The highest BCUT2D eigenvalue weighted by molar-refractivity contribution is 5.96. The van der Waals surface area contributed by atoms with E-state index < -0.39 is 0 Å². The molecule has 0 saturated carbocycles. The average molecular weight is 367 g/mol. The molecule has 0 spiro atoms. The lowest BCUT2D eigenvalue weighted by Crippen LogP contribution is -2.32. The molecule has 27 heavy (non-hydrogen) atoms. The van der Waals surface area contributed by atoms with Crippen LogP contribution in [0.4, 0.5) is 11.4 Å². The van der Waals surface area contributed by atoms with Crippen molar-refractivity contribution >= 4 is 17.3 Å². The van der Waals surface area contributed by atoms with E-state index in [9.17, 15) is 14.9 Å². The van der Waals surface area contributed by atoms with Crippen LogP contribution in [0.2, 0.25) is 0 Å². The van der Waals surface area contributed by atoms with Gasteiger partial charge >= 0.3 is 0 Å². The Bertz CT molecular complexity index is 821. The second-order valence-corrected chi connectivity index (χ2v) is 7.27. The molecular weight excluding hydrogens is 342 g/mol. The quantitative estimate of drug-likeness (QED) is 0.620. The number of benzene rings is 2. The lowest BCUT2D eigenvalue weighted by Gasteiger charge is -2.27. The minimum absolute atomic E-state index is 0.00799. The van der Waals surface area contributed by atoms with Gasteiger partial charge in [-0.2, -0.15) is 0 Å². The number of hydrogen-bond acceptors (Lipinski definition) is 4. The first kappa shape index (κ1) is 18.9. The van der Waals surface area contributed by atoms with Gasteiger partial charge in [-0.25, -0.2) is 0 Å². The molecule has 1 amide bonds. The van der Waals surface area contributed by atoms with Crippen LogP contribution in [-0.2, 0) is 6.42 Å². The summed E-state index contributed by atoms with van der Waals surface area (Å²) in [5.74, 6) is -0.290. The number of nitrogens with one attached hydrogen (secondary N) is 1. The Morgan fingerprint density at radius 2 is 2.00 bits per heavy atom. The van der Waals surface area contributed by atoms with E-state index >= 15 is 0 Å². The maximum absolute atomic E-state index is 12.2. The minimum Gasteiger partial charge on any atom is -0.363 e. The van der Waals surface area contributed by atoms with E-state index in [0.29, 0.717) is 11.3 Å². The molecule has 1 atom stereocenters. The fourth-order valence-electron chi connectivity index (χ4n) is 3.65. The van der Waals surface area contributed by atoms with E-state index in [4.69, 9.17) is 0 Å². The monoisotopic (exact) mass is 367 g/mol. The molecule has 1 aliphatic rings. The number of anilines is 1. The Balaban J connectivity index is 1.88. The number of rotatable bonds is 6. The molecule has 3 rings (SSSR count). The summed E-state index contributed by atoms with van der Waals surface area (Å²) < 4.78 is 0. The second kappa shape index (κ2) is 8.20. The van der Waals surface area contributed by atoms with E-state index in [1.807, 2.05) is 32.0 Å². The standard InChI is InChI=1S/C21H25N3O3/c1-15(2)22-21(25)17-10-11-19(20(14-17)24(26)27)23-12-6-9-18(23)13-16-7-4-3-5-8-16/h3-5,7-8,10-11,14-15,18H,6,9,12-13H2,1-2H3,(H,22,25). The summed E-state index contributed by atoms with van der Waals surface area (Å²) in [6, 6.07) is 15.2. The van der Waals surface area contributed by atoms with Crippen LogP contribution in [0.3, 0.4) is 0 Å². The van der Waals surface area contributed by atoms with Crippen molar-refractivity contribution in [3.05, 3.63) is 69.8 Å². The molecule has 1 unspecified atom stereocenters. The van der Waals surface area contributed by atoms with Crippen LogP contribution in [0, 0.1) is 10.1 Å². The van der Waals surface area contributed by atoms with E-state index in [2.05, 4.69) is 22.3 Å². The molecule has 1 saturated heterocycles. The molecule has 6 nitrogen and oxygen atoms in total. The maximum Gasteiger partial charge on any atom is 0.293 e. The third-order valence-corrected chi connectivity index (χ3v) is 4.85. The van der Waals surface area contributed by atoms with E-state index in [0.717, 1.165) is 25.8 Å². The summed E-state index contributed by atoms with van der Waals surface area (Å²) in [7, 11) is 0. The van der Waals surface area contributed by atoms with Crippen molar-refractivity contribution in [1.82, 2.24) is 5.32 Å². The molecule has 0 aliphatic carbocycles. The first-order chi connectivity index (χ1) is 13.0. The Morgan fingerprint density at radius 1 is 1.26 bits per heavy atom. The third kappa shape index (κ3) is 4.45. The normalized spacial score (nSPS) is 16.6.